The average molecular weight is 433 g/mol. The molecule has 1 heterocycles. The molecule has 0 saturated heterocycles. The summed E-state index contributed by atoms with van der Waals surface area (Å²) in [6, 6.07) is 0.471. The fourth-order valence-corrected chi connectivity index (χ4v) is 4.83. The standard InChI is InChI=1S/C24H44N6O/c1-17-26-18(2)28-20(27-17)24(8,9)30(19-13-11-10-12-14-19)16-15-25-21(31)23(6,7)29-22(3,4)5/h19,29H,10-16H2,1-9H3,(H,25,31). The van der Waals surface area contributed by atoms with Crippen LogP contribution in [0.4, 0.5) is 0 Å². The molecule has 7 nitrogen and oxygen atoms in total. The van der Waals surface area contributed by atoms with Crippen molar-refractivity contribution in [2.45, 2.75) is 117 Å². The lowest BCUT2D eigenvalue weighted by Crippen LogP contribution is -2.59. The van der Waals surface area contributed by atoms with Crippen molar-refractivity contribution in [3.63, 3.8) is 0 Å². The van der Waals surface area contributed by atoms with Crippen molar-refractivity contribution in [1.82, 2.24) is 30.5 Å². The van der Waals surface area contributed by atoms with E-state index in [0.29, 0.717) is 12.6 Å². The van der Waals surface area contributed by atoms with Gasteiger partial charge in [-0.2, -0.15) is 0 Å². The van der Waals surface area contributed by atoms with Crippen LogP contribution in [0.2, 0.25) is 0 Å². The SMILES string of the molecule is Cc1nc(C)nc(C(C)(C)N(CCNC(=O)C(C)(C)NC(C)(C)C)C2CCCCC2)n1. The molecule has 2 N–H and O–H groups in total. The molecular weight excluding hydrogens is 388 g/mol. The maximum absolute atomic E-state index is 12.9. The highest BCUT2D eigenvalue weighted by molar-refractivity contribution is 5.85. The van der Waals surface area contributed by atoms with Crippen LogP contribution in [0.1, 0.15) is 98.0 Å². The lowest BCUT2D eigenvalue weighted by atomic mass is 9.89. The van der Waals surface area contributed by atoms with Crippen LogP contribution in [0.5, 0.6) is 0 Å². The van der Waals surface area contributed by atoms with E-state index in [1.54, 1.807) is 0 Å². The highest BCUT2D eigenvalue weighted by atomic mass is 16.2. The number of hydrogen-bond donors (Lipinski definition) is 2. The molecule has 0 spiro atoms. The summed E-state index contributed by atoms with van der Waals surface area (Å²) in [6.45, 7) is 19.7. The Morgan fingerprint density at radius 2 is 1.48 bits per heavy atom. The number of nitrogens with zero attached hydrogens (tertiary/aromatic N) is 4. The summed E-state index contributed by atoms with van der Waals surface area (Å²) in [5.41, 5.74) is -1.11. The second-order valence-electron chi connectivity index (χ2n) is 11.1. The maximum Gasteiger partial charge on any atom is 0.239 e. The number of nitrogens with one attached hydrogen (secondary N) is 2. The van der Waals surface area contributed by atoms with Crippen LogP contribution in [-0.2, 0) is 10.3 Å². The molecule has 7 heteroatoms. The van der Waals surface area contributed by atoms with Gasteiger partial charge in [-0.15, -0.1) is 0 Å². The number of hydrogen-bond acceptors (Lipinski definition) is 6. The molecule has 1 aromatic rings. The van der Waals surface area contributed by atoms with Crippen LogP contribution in [0.25, 0.3) is 0 Å². The van der Waals surface area contributed by atoms with Gasteiger partial charge in [-0.1, -0.05) is 19.3 Å². The van der Waals surface area contributed by atoms with E-state index in [9.17, 15) is 4.79 Å². The third-order valence-corrected chi connectivity index (χ3v) is 6.03. The Balaban J connectivity index is 2.16. The highest BCUT2D eigenvalue weighted by Gasteiger charge is 2.37. The van der Waals surface area contributed by atoms with Gasteiger partial charge < -0.3 is 5.32 Å². The van der Waals surface area contributed by atoms with Gasteiger partial charge in [0.1, 0.15) is 11.6 Å². The monoisotopic (exact) mass is 432 g/mol. The minimum atomic E-state index is -0.633. The molecule has 1 aliphatic carbocycles. The van der Waals surface area contributed by atoms with Gasteiger partial charge >= 0.3 is 0 Å². The van der Waals surface area contributed by atoms with Gasteiger partial charge in [-0.05, 0) is 75.2 Å². The largest absolute Gasteiger partial charge is 0.353 e. The minimum absolute atomic E-state index is 0.0238. The molecule has 176 valence electrons. The van der Waals surface area contributed by atoms with E-state index in [1.165, 1.54) is 32.1 Å². The summed E-state index contributed by atoms with van der Waals surface area (Å²) in [4.78, 5) is 29.1. The van der Waals surface area contributed by atoms with Gasteiger partial charge in [0.05, 0.1) is 11.1 Å². The average Bonchev–Trinajstić information content (AvgIpc) is 2.62. The van der Waals surface area contributed by atoms with Gasteiger partial charge in [0, 0.05) is 24.7 Å². The number of amides is 1. The molecule has 2 rings (SSSR count). The first kappa shape index (κ1) is 25.7. The maximum atomic E-state index is 12.9. The molecule has 1 fully saturated rings. The van der Waals surface area contributed by atoms with Gasteiger partial charge in [0.15, 0.2) is 5.82 Å². The number of aromatic nitrogens is 3. The molecular formula is C24H44N6O. The van der Waals surface area contributed by atoms with Crippen molar-refractivity contribution < 1.29 is 4.79 Å². The predicted octanol–water partition coefficient (Wildman–Crippen LogP) is 3.64. The number of carbonyl (C=O) groups is 1. The molecule has 1 aromatic heterocycles. The van der Waals surface area contributed by atoms with E-state index < -0.39 is 5.54 Å². The van der Waals surface area contributed by atoms with Gasteiger partial charge in [0.25, 0.3) is 0 Å². The van der Waals surface area contributed by atoms with Crippen LogP contribution in [0.15, 0.2) is 0 Å². The van der Waals surface area contributed by atoms with Crippen LogP contribution >= 0.6 is 0 Å². The molecule has 0 unspecified atom stereocenters. The van der Waals surface area contributed by atoms with E-state index >= 15 is 0 Å². The molecule has 1 aliphatic rings. The Kier molecular flexibility index (Phi) is 8.20. The summed E-state index contributed by atoms with van der Waals surface area (Å²) in [6.07, 6.45) is 6.16. The van der Waals surface area contributed by atoms with Crippen molar-refractivity contribution in [1.29, 1.82) is 0 Å². The zero-order valence-corrected chi connectivity index (χ0v) is 21.2. The van der Waals surface area contributed by atoms with E-state index in [2.05, 4.69) is 65.1 Å². The third kappa shape index (κ3) is 7.21. The molecule has 0 atom stereocenters. The first-order valence-corrected chi connectivity index (χ1v) is 11.8. The zero-order chi connectivity index (χ0) is 23.4. The third-order valence-electron chi connectivity index (χ3n) is 6.03. The Hall–Kier alpha value is -1.60. The highest BCUT2D eigenvalue weighted by Crippen LogP contribution is 2.33. The summed E-state index contributed by atoms with van der Waals surface area (Å²) in [7, 11) is 0. The molecule has 0 aromatic carbocycles. The first-order chi connectivity index (χ1) is 14.2. The van der Waals surface area contributed by atoms with Gasteiger partial charge in [0.2, 0.25) is 5.91 Å². The van der Waals surface area contributed by atoms with Crippen molar-refractivity contribution in [3.8, 4) is 0 Å². The van der Waals surface area contributed by atoms with Crippen LogP contribution < -0.4 is 10.6 Å². The smallest absolute Gasteiger partial charge is 0.239 e. The van der Waals surface area contributed by atoms with Gasteiger partial charge in [-0.3, -0.25) is 15.0 Å². The van der Waals surface area contributed by atoms with E-state index in [1.807, 2.05) is 27.7 Å². The van der Waals surface area contributed by atoms with Crippen molar-refractivity contribution >= 4 is 5.91 Å². The molecule has 0 bridgehead atoms. The number of rotatable bonds is 8. The molecule has 1 saturated carbocycles. The van der Waals surface area contributed by atoms with Crippen molar-refractivity contribution in [3.05, 3.63) is 17.5 Å². The Bertz CT molecular complexity index is 727. The fraction of sp³-hybridized carbons (Fsp3) is 0.833. The molecule has 0 aliphatic heterocycles. The van der Waals surface area contributed by atoms with E-state index in [0.717, 1.165) is 24.0 Å². The van der Waals surface area contributed by atoms with Crippen LogP contribution in [-0.4, -0.2) is 56.0 Å². The summed E-state index contributed by atoms with van der Waals surface area (Å²) < 4.78 is 0. The second kappa shape index (κ2) is 9.90. The summed E-state index contributed by atoms with van der Waals surface area (Å²) in [5.74, 6) is 2.34. The topological polar surface area (TPSA) is 83.0 Å². The lowest BCUT2D eigenvalue weighted by molar-refractivity contribution is -0.127. The Labute approximate surface area is 189 Å². The zero-order valence-electron chi connectivity index (χ0n) is 21.2. The van der Waals surface area contributed by atoms with E-state index in [-0.39, 0.29) is 17.0 Å². The summed E-state index contributed by atoms with van der Waals surface area (Å²) in [5, 5.41) is 6.58. The number of aryl methyl sites for hydroxylation is 2. The molecule has 31 heavy (non-hydrogen) atoms. The second-order valence-corrected chi connectivity index (χ2v) is 11.1. The van der Waals surface area contributed by atoms with Crippen LogP contribution in [0, 0.1) is 13.8 Å². The van der Waals surface area contributed by atoms with Crippen molar-refractivity contribution in [2.24, 2.45) is 0 Å². The quantitative estimate of drug-likeness (QED) is 0.652. The number of carbonyl (C=O) groups excluding carboxylic acids is 1. The van der Waals surface area contributed by atoms with Gasteiger partial charge in [-0.25, -0.2) is 15.0 Å². The first-order valence-electron chi connectivity index (χ1n) is 11.8. The Morgan fingerprint density at radius 3 is 2.00 bits per heavy atom. The van der Waals surface area contributed by atoms with Crippen LogP contribution in [0.3, 0.4) is 0 Å². The fourth-order valence-electron chi connectivity index (χ4n) is 4.83. The minimum Gasteiger partial charge on any atom is -0.353 e. The summed E-state index contributed by atoms with van der Waals surface area (Å²) >= 11 is 0. The Morgan fingerprint density at radius 1 is 0.935 bits per heavy atom. The molecule has 0 radical (unpaired) electrons. The van der Waals surface area contributed by atoms with Crippen molar-refractivity contribution in [2.75, 3.05) is 13.1 Å². The molecule has 1 amide bonds. The normalized spacial score (nSPS) is 16.6. The lowest BCUT2D eigenvalue weighted by Gasteiger charge is -2.44. The predicted molar refractivity (Wildman–Crippen MR) is 126 cm³/mol. The van der Waals surface area contributed by atoms with E-state index in [4.69, 9.17) is 0 Å².